The summed E-state index contributed by atoms with van der Waals surface area (Å²) >= 11 is 0. The quantitative estimate of drug-likeness (QED) is 0.850. The van der Waals surface area contributed by atoms with Gasteiger partial charge in [-0.3, -0.25) is 0 Å². The summed E-state index contributed by atoms with van der Waals surface area (Å²) in [4.78, 5) is 7.90. The predicted molar refractivity (Wildman–Crippen MR) is 79.2 cm³/mol. The molecule has 1 heterocycles. The second-order valence-corrected chi connectivity index (χ2v) is 5.99. The van der Waals surface area contributed by atoms with Crippen molar-refractivity contribution in [3.63, 3.8) is 0 Å². The van der Waals surface area contributed by atoms with Gasteiger partial charge in [0.05, 0.1) is 11.9 Å². The number of hydrogen-bond donors (Lipinski definition) is 1. The molecule has 0 radical (unpaired) electrons. The van der Waals surface area contributed by atoms with Crippen LogP contribution in [0.4, 0.5) is 0 Å². The van der Waals surface area contributed by atoms with Crippen LogP contribution in [0, 0.1) is 0 Å². The number of nitrogens with one attached hydrogen (secondary N) is 1. The van der Waals surface area contributed by atoms with Gasteiger partial charge in [-0.1, -0.05) is 44.7 Å². The third-order valence-electron chi connectivity index (χ3n) is 4.29. The Morgan fingerprint density at radius 2 is 2.16 bits per heavy atom. The Labute approximate surface area is 114 Å². The van der Waals surface area contributed by atoms with E-state index in [0.29, 0.717) is 5.92 Å². The van der Waals surface area contributed by atoms with Crippen LogP contribution < -0.4 is 0 Å². The number of benzene rings is 1. The zero-order valence-corrected chi connectivity index (χ0v) is 11.6. The summed E-state index contributed by atoms with van der Waals surface area (Å²) in [5, 5.41) is 0. The lowest BCUT2D eigenvalue weighted by molar-refractivity contribution is 0.406. The highest BCUT2D eigenvalue weighted by Gasteiger charge is 2.33. The maximum Gasteiger partial charge on any atom is 0.114 e. The molecule has 0 fully saturated rings. The molecule has 19 heavy (non-hydrogen) atoms. The van der Waals surface area contributed by atoms with Crippen LogP contribution in [0.25, 0.3) is 6.08 Å². The maximum atomic E-state index is 4.53. The van der Waals surface area contributed by atoms with E-state index in [2.05, 4.69) is 54.7 Å². The molecule has 98 valence electrons. The maximum absolute atomic E-state index is 4.53. The number of H-pyrrole nitrogens is 1. The Kier molecular flexibility index (Phi) is 2.81. The van der Waals surface area contributed by atoms with Gasteiger partial charge in [0.15, 0.2) is 0 Å². The van der Waals surface area contributed by atoms with Crippen LogP contribution in [-0.2, 0) is 5.41 Å². The number of aromatic nitrogens is 2. The fraction of sp³-hybridized carbons (Fsp3) is 0.353. The Balaban J connectivity index is 2.07. The van der Waals surface area contributed by atoms with Crippen LogP contribution in [0.2, 0.25) is 0 Å². The SMILES string of the molecule is C=Cc1cnc(C2CCC(C)(C)c3ccccc32)[nH]1. The van der Waals surface area contributed by atoms with Gasteiger partial charge in [0, 0.05) is 5.92 Å². The van der Waals surface area contributed by atoms with Gasteiger partial charge in [-0.15, -0.1) is 0 Å². The third kappa shape index (κ3) is 2.01. The fourth-order valence-electron chi connectivity index (χ4n) is 3.13. The molecule has 1 aromatic carbocycles. The van der Waals surface area contributed by atoms with Gasteiger partial charge in [-0.2, -0.15) is 0 Å². The smallest absolute Gasteiger partial charge is 0.114 e. The average Bonchev–Trinajstić information content (AvgIpc) is 2.88. The van der Waals surface area contributed by atoms with Crippen molar-refractivity contribution < 1.29 is 0 Å². The molecule has 1 unspecified atom stereocenters. The van der Waals surface area contributed by atoms with Gasteiger partial charge >= 0.3 is 0 Å². The van der Waals surface area contributed by atoms with Crippen molar-refractivity contribution in [3.8, 4) is 0 Å². The molecule has 3 rings (SSSR count). The number of imidazole rings is 1. The second-order valence-electron chi connectivity index (χ2n) is 5.99. The van der Waals surface area contributed by atoms with E-state index < -0.39 is 0 Å². The number of fused-ring (bicyclic) bond motifs is 1. The topological polar surface area (TPSA) is 28.7 Å². The first kappa shape index (κ1) is 12.2. The van der Waals surface area contributed by atoms with E-state index in [1.165, 1.54) is 17.5 Å². The largest absolute Gasteiger partial charge is 0.342 e. The Bertz CT molecular complexity index is 607. The average molecular weight is 252 g/mol. The van der Waals surface area contributed by atoms with Gasteiger partial charge in [0.2, 0.25) is 0 Å². The van der Waals surface area contributed by atoms with Crippen LogP contribution in [-0.4, -0.2) is 9.97 Å². The fourth-order valence-corrected chi connectivity index (χ4v) is 3.13. The summed E-state index contributed by atoms with van der Waals surface area (Å²) in [7, 11) is 0. The molecule has 2 heteroatoms. The van der Waals surface area contributed by atoms with Crippen molar-refractivity contribution in [3.05, 3.63) is 59.7 Å². The molecule has 0 bridgehead atoms. The van der Waals surface area contributed by atoms with E-state index in [1.807, 2.05) is 12.3 Å². The van der Waals surface area contributed by atoms with Gasteiger partial charge in [0.25, 0.3) is 0 Å². The lowest BCUT2D eigenvalue weighted by atomic mass is 9.68. The lowest BCUT2D eigenvalue weighted by Gasteiger charge is -2.36. The Morgan fingerprint density at radius 3 is 2.89 bits per heavy atom. The number of nitrogens with zero attached hydrogens (tertiary/aromatic N) is 1. The summed E-state index contributed by atoms with van der Waals surface area (Å²) in [5.74, 6) is 1.45. The summed E-state index contributed by atoms with van der Waals surface area (Å²) in [6.45, 7) is 8.45. The van der Waals surface area contributed by atoms with Gasteiger partial charge in [-0.05, 0) is 35.5 Å². The van der Waals surface area contributed by atoms with E-state index in [-0.39, 0.29) is 5.41 Å². The molecular formula is C17H20N2. The van der Waals surface area contributed by atoms with Gasteiger partial charge in [-0.25, -0.2) is 4.98 Å². The van der Waals surface area contributed by atoms with Crippen LogP contribution in [0.3, 0.4) is 0 Å². The molecule has 0 saturated carbocycles. The van der Waals surface area contributed by atoms with Crippen molar-refractivity contribution in [1.82, 2.24) is 9.97 Å². The van der Waals surface area contributed by atoms with E-state index in [1.54, 1.807) is 0 Å². The van der Waals surface area contributed by atoms with Crippen LogP contribution >= 0.6 is 0 Å². The summed E-state index contributed by atoms with van der Waals surface area (Å²) in [6.07, 6.45) is 6.02. The molecule has 0 saturated heterocycles. The standard InChI is InChI=1S/C17H20N2/c1-4-12-11-18-16(19-12)14-9-10-17(2,3)15-8-6-5-7-13(14)15/h4-8,11,14H,1,9-10H2,2-3H3,(H,18,19). The number of hydrogen-bond acceptors (Lipinski definition) is 1. The highest BCUT2D eigenvalue weighted by atomic mass is 14.9. The van der Waals surface area contributed by atoms with Gasteiger partial charge in [0.1, 0.15) is 5.82 Å². The Hall–Kier alpha value is -1.83. The molecule has 1 atom stereocenters. The summed E-state index contributed by atoms with van der Waals surface area (Å²) in [5.41, 5.74) is 4.14. The molecule has 0 amide bonds. The highest BCUT2D eigenvalue weighted by molar-refractivity contribution is 5.44. The molecule has 0 aliphatic heterocycles. The molecule has 0 spiro atoms. The summed E-state index contributed by atoms with van der Waals surface area (Å²) in [6, 6.07) is 8.78. The predicted octanol–water partition coefficient (Wildman–Crippen LogP) is 4.26. The zero-order valence-electron chi connectivity index (χ0n) is 11.6. The normalized spacial score (nSPS) is 20.8. The minimum absolute atomic E-state index is 0.265. The van der Waals surface area contributed by atoms with E-state index >= 15 is 0 Å². The van der Waals surface area contributed by atoms with Crippen molar-refractivity contribution in [2.45, 2.75) is 38.0 Å². The van der Waals surface area contributed by atoms with Crippen molar-refractivity contribution in [1.29, 1.82) is 0 Å². The number of rotatable bonds is 2. The van der Waals surface area contributed by atoms with Crippen LogP contribution in [0.5, 0.6) is 0 Å². The first-order valence-corrected chi connectivity index (χ1v) is 6.88. The zero-order chi connectivity index (χ0) is 13.5. The highest BCUT2D eigenvalue weighted by Crippen LogP contribution is 2.44. The van der Waals surface area contributed by atoms with E-state index in [9.17, 15) is 0 Å². The van der Waals surface area contributed by atoms with Crippen molar-refractivity contribution in [2.24, 2.45) is 0 Å². The van der Waals surface area contributed by atoms with E-state index in [0.717, 1.165) is 17.9 Å². The minimum atomic E-state index is 0.265. The minimum Gasteiger partial charge on any atom is -0.342 e. The van der Waals surface area contributed by atoms with Gasteiger partial charge < -0.3 is 4.98 Å². The molecule has 1 N–H and O–H groups in total. The summed E-state index contributed by atoms with van der Waals surface area (Å²) < 4.78 is 0. The van der Waals surface area contributed by atoms with Crippen molar-refractivity contribution in [2.75, 3.05) is 0 Å². The van der Waals surface area contributed by atoms with Crippen LogP contribution in [0.15, 0.2) is 37.0 Å². The molecule has 1 aromatic heterocycles. The lowest BCUT2D eigenvalue weighted by Crippen LogP contribution is -2.27. The molecule has 2 aromatic rings. The third-order valence-corrected chi connectivity index (χ3v) is 4.29. The number of aromatic amines is 1. The second kappa shape index (κ2) is 4.37. The molecular weight excluding hydrogens is 232 g/mol. The Morgan fingerprint density at radius 1 is 1.37 bits per heavy atom. The monoisotopic (exact) mass is 252 g/mol. The first-order valence-electron chi connectivity index (χ1n) is 6.88. The van der Waals surface area contributed by atoms with Crippen molar-refractivity contribution >= 4 is 6.08 Å². The van der Waals surface area contributed by atoms with Crippen LogP contribution in [0.1, 0.15) is 55.3 Å². The first-order chi connectivity index (χ1) is 9.12. The molecule has 2 nitrogen and oxygen atoms in total. The van der Waals surface area contributed by atoms with E-state index in [4.69, 9.17) is 0 Å². The molecule has 1 aliphatic rings. The molecule has 1 aliphatic carbocycles.